The molecule has 0 heterocycles. The predicted octanol–water partition coefficient (Wildman–Crippen LogP) is 4.56. The van der Waals surface area contributed by atoms with Crippen LogP contribution in [-0.4, -0.2) is 20.1 Å². The summed E-state index contributed by atoms with van der Waals surface area (Å²) in [5, 5.41) is 2.39. The summed E-state index contributed by atoms with van der Waals surface area (Å²) in [7, 11) is -3.58. The van der Waals surface area contributed by atoms with Gasteiger partial charge in [-0.3, -0.25) is 4.79 Å². The average Bonchev–Trinajstić information content (AvgIpc) is 2.70. The number of sulfone groups is 1. The highest BCUT2D eigenvalue weighted by Gasteiger charge is 2.18. The van der Waals surface area contributed by atoms with Crippen LogP contribution in [0.15, 0.2) is 78.9 Å². The van der Waals surface area contributed by atoms with Crippen LogP contribution in [-0.2, 0) is 20.4 Å². The number of amides is 1. The molecule has 3 aromatic carbocycles. The molecular weight excluding hydrogens is 393 g/mol. The minimum atomic E-state index is -3.58. The summed E-state index contributed by atoms with van der Waals surface area (Å²) in [6.07, 6.45) is -0.265. The zero-order valence-electron chi connectivity index (χ0n) is 15.5. The number of anilines is 1. The molecule has 1 amide bonds. The van der Waals surface area contributed by atoms with Gasteiger partial charge in [-0.1, -0.05) is 48.5 Å². The van der Waals surface area contributed by atoms with Crippen LogP contribution in [0.2, 0.25) is 0 Å². The second-order valence-corrected chi connectivity index (χ2v) is 8.58. The van der Waals surface area contributed by atoms with Crippen LogP contribution in [0.25, 0.3) is 0 Å². The van der Waals surface area contributed by atoms with Gasteiger partial charge in [0, 0.05) is 12.0 Å². The number of halogens is 1. The number of rotatable bonds is 8. The van der Waals surface area contributed by atoms with E-state index >= 15 is 0 Å². The predicted molar refractivity (Wildman–Crippen MR) is 110 cm³/mol. The molecule has 150 valence electrons. The van der Waals surface area contributed by atoms with Crippen LogP contribution in [0, 0.1) is 5.82 Å². The molecule has 5 nitrogen and oxygen atoms in total. The fraction of sp³-hybridized carbons (Fsp3) is 0.136. The average molecular weight is 413 g/mol. The Morgan fingerprint density at radius 2 is 1.55 bits per heavy atom. The SMILES string of the molecule is O=C(CCS(=O)(=O)Cc1ccccc1Oc1ccccc1)Nc1ccccc1F. The van der Waals surface area contributed by atoms with E-state index in [0.717, 1.165) is 0 Å². The summed E-state index contributed by atoms with van der Waals surface area (Å²) in [5.41, 5.74) is 0.530. The van der Waals surface area contributed by atoms with Crippen molar-refractivity contribution < 1.29 is 22.3 Å². The molecular formula is C22H20FNO4S. The monoisotopic (exact) mass is 413 g/mol. The van der Waals surface area contributed by atoms with Crippen molar-refractivity contribution in [1.82, 2.24) is 0 Å². The highest BCUT2D eigenvalue weighted by atomic mass is 32.2. The van der Waals surface area contributed by atoms with Crippen molar-refractivity contribution in [3.05, 3.63) is 90.2 Å². The summed E-state index contributed by atoms with van der Waals surface area (Å²) in [5.74, 6) is -0.710. The van der Waals surface area contributed by atoms with E-state index in [-0.39, 0.29) is 23.6 Å². The number of carbonyl (C=O) groups is 1. The Morgan fingerprint density at radius 3 is 2.31 bits per heavy atom. The zero-order valence-corrected chi connectivity index (χ0v) is 16.4. The third-order valence-corrected chi connectivity index (χ3v) is 5.68. The van der Waals surface area contributed by atoms with Crippen molar-refractivity contribution >= 4 is 21.4 Å². The molecule has 0 saturated carbocycles. The second kappa shape index (κ2) is 9.34. The van der Waals surface area contributed by atoms with E-state index in [1.807, 2.05) is 18.2 Å². The second-order valence-electron chi connectivity index (χ2n) is 6.39. The van der Waals surface area contributed by atoms with Crippen molar-refractivity contribution in [1.29, 1.82) is 0 Å². The quantitative estimate of drug-likeness (QED) is 0.588. The Bertz CT molecular complexity index is 1080. The molecule has 3 aromatic rings. The van der Waals surface area contributed by atoms with Gasteiger partial charge in [0.1, 0.15) is 17.3 Å². The number of hydrogen-bond acceptors (Lipinski definition) is 4. The molecule has 0 aromatic heterocycles. The van der Waals surface area contributed by atoms with Crippen LogP contribution >= 0.6 is 0 Å². The van der Waals surface area contributed by atoms with Crippen molar-refractivity contribution in [3.63, 3.8) is 0 Å². The largest absolute Gasteiger partial charge is 0.457 e. The van der Waals surface area contributed by atoms with E-state index in [0.29, 0.717) is 17.1 Å². The van der Waals surface area contributed by atoms with Gasteiger partial charge >= 0.3 is 0 Å². The highest BCUT2D eigenvalue weighted by molar-refractivity contribution is 7.90. The lowest BCUT2D eigenvalue weighted by Crippen LogP contribution is -2.19. The number of para-hydroxylation sites is 3. The fourth-order valence-electron chi connectivity index (χ4n) is 2.67. The smallest absolute Gasteiger partial charge is 0.225 e. The fourth-order valence-corrected chi connectivity index (χ4v) is 4.02. The van der Waals surface area contributed by atoms with Crippen LogP contribution < -0.4 is 10.1 Å². The Balaban J connectivity index is 1.62. The van der Waals surface area contributed by atoms with Gasteiger partial charge in [0.15, 0.2) is 9.84 Å². The van der Waals surface area contributed by atoms with Crippen LogP contribution in [0.3, 0.4) is 0 Å². The minimum Gasteiger partial charge on any atom is -0.457 e. The van der Waals surface area contributed by atoms with E-state index in [1.54, 1.807) is 42.5 Å². The van der Waals surface area contributed by atoms with E-state index in [4.69, 9.17) is 4.74 Å². The first kappa shape index (κ1) is 20.5. The van der Waals surface area contributed by atoms with Crippen LogP contribution in [0.5, 0.6) is 11.5 Å². The molecule has 29 heavy (non-hydrogen) atoms. The lowest BCUT2D eigenvalue weighted by atomic mass is 10.2. The summed E-state index contributed by atoms with van der Waals surface area (Å²) in [6.45, 7) is 0. The first-order valence-corrected chi connectivity index (χ1v) is 10.8. The maximum atomic E-state index is 13.6. The Kier molecular flexibility index (Phi) is 6.61. The molecule has 0 aliphatic carbocycles. The van der Waals surface area contributed by atoms with E-state index < -0.39 is 21.6 Å². The summed E-state index contributed by atoms with van der Waals surface area (Å²) < 4.78 is 44.4. The molecule has 0 aliphatic rings. The van der Waals surface area contributed by atoms with Gasteiger partial charge in [0.2, 0.25) is 5.91 Å². The molecule has 0 fully saturated rings. The van der Waals surface area contributed by atoms with Crippen LogP contribution in [0.1, 0.15) is 12.0 Å². The zero-order chi connectivity index (χ0) is 20.7. The summed E-state index contributed by atoms with van der Waals surface area (Å²) >= 11 is 0. The highest BCUT2D eigenvalue weighted by Crippen LogP contribution is 2.26. The standard InChI is InChI=1S/C22H20FNO4S/c23-19-11-5-6-12-20(19)24-22(25)14-15-29(26,27)16-17-8-4-7-13-21(17)28-18-9-2-1-3-10-18/h1-13H,14-16H2,(H,24,25). The van der Waals surface area contributed by atoms with Crippen molar-refractivity contribution in [2.24, 2.45) is 0 Å². The molecule has 0 aliphatic heterocycles. The van der Waals surface area contributed by atoms with E-state index in [2.05, 4.69) is 5.32 Å². The number of hydrogen-bond donors (Lipinski definition) is 1. The summed E-state index contributed by atoms with van der Waals surface area (Å²) in [4.78, 5) is 12.0. The molecule has 0 spiro atoms. The molecule has 1 N–H and O–H groups in total. The van der Waals surface area contributed by atoms with E-state index in [9.17, 15) is 17.6 Å². The maximum Gasteiger partial charge on any atom is 0.225 e. The van der Waals surface area contributed by atoms with Crippen LogP contribution in [0.4, 0.5) is 10.1 Å². The molecule has 0 atom stereocenters. The lowest BCUT2D eigenvalue weighted by Gasteiger charge is -2.12. The first-order valence-electron chi connectivity index (χ1n) is 8.98. The Hall–Kier alpha value is -3.19. The van der Waals surface area contributed by atoms with E-state index in [1.165, 1.54) is 18.2 Å². The number of ether oxygens (including phenoxy) is 1. The van der Waals surface area contributed by atoms with Gasteiger partial charge in [0.25, 0.3) is 0 Å². The molecule has 7 heteroatoms. The topological polar surface area (TPSA) is 72.5 Å². The van der Waals surface area contributed by atoms with Gasteiger partial charge in [0.05, 0.1) is 17.2 Å². The normalized spacial score (nSPS) is 11.1. The van der Waals surface area contributed by atoms with Gasteiger partial charge in [-0.05, 0) is 30.3 Å². The van der Waals surface area contributed by atoms with Gasteiger partial charge in [-0.2, -0.15) is 0 Å². The molecule has 0 bridgehead atoms. The van der Waals surface area contributed by atoms with Crippen molar-refractivity contribution in [2.45, 2.75) is 12.2 Å². The lowest BCUT2D eigenvalue weighted by molar-refractivity contribution is -0.115. The van der Waals surface area contributed by atoms with Crippen molar-refractivity contribution in [2.75, 3.05) is 11.1 Å². The van der Waals surface area contributed by atoms with Gasteiger partial charge in [-0.15, -0.1) is 0 Å². The third-order valence-electron chi connectivity index (χ3n) is 4.11. The minimum absolute atomic E-state index is 0.0245. The molecule has 0 unspecified atom stereocenters. The number of carbonyl (C=O) groups excluding carboxylic acids is 1. The Labute approximate surface area is 169 Å². The number of benzene rings is 3. The third kappa shape index (κ3) is 6.15. The molecule has 0 radical (unpaired) electrons. The van der Waals surface area contributed by atoms with Gasteiger partial charge < -0.3 is 10.1 Å². The van der Waals surface area contributed by atoms with Crippen molar-refractivity contribution in [3.8, 4) is 11.5 Å². The van der Waals surface area contributed by atoms with Gasteiger partial charge in [-0.25, -0.2) is 12.8 Å². The maximum absolute atomic E-state index is 13.6. The first-order chi connectivity index (χ1) is 13.9. The Morgan fingerprint density at radius 1 is 0.897 bits per heavy atom. The number of nitrogens with one attached hydrogen (secondary N) is 1. The molecule has 0 saturated heterocycles. The molecule has 3 rings (SSSR count). The summed E-state index contributed by atoms with van der Waals surface area (Å²) in [6, 6.07) is 21.6.